The van der Waals surface area contributed by atoms with Crippen LogP contribution >= 0.6 is 11.8 Å². The maximum absolute atomic E-state index is 11.8. The maximum Gasteiger partial charge on any atom is 1.00 e. The first kappa shape index (κ1) is 80.0. The Hall–Kier alpha value is -0.740. The monoisotopic (exact) mass is 1420 g/mol. The van der Waals surface area contributed by atoms with Crippen LogP contribution in [0.1, 0.15) is 12.8 Å². The molecule has 546 valence electrons. The molecule has 0 unspecified atom stereocenters. The first-order valence-corrected chi connectivity index (χ1v) is 31.3. The van der Waals surface area contributed by atoms with Gasteiger partial charge in [0.15, 0.2) is 50.3 Å². The van der Waals surface area contributed by atoms with Crippen LogP contribution in [-0.4, -0.2) is 427 Å². The number of carboxylic acids is 1. The third-order valence-corrected chi connectivity index (χ3v) is 18.8. The average molecular weight is 1420 g/mol. The van der Waals surface area contributed by atoms with Crippen LogP contribution in [0.4, 0.5) is 0 Å². The number of thioether (sulfide) groups is 1. The largest absolute Gasteiger partial charge is 1.00 e. The van der Waals surface area contributed by atoms with Gasteiger partial charge in [0, 0.05) is 11.7 Å². The van der Waals surface area contributed by atoms with E-state index in [-0.39, 0.29) is 53.9 Å². The molecular formula is C52H85NaO41S. The zero-order valence-electron chi connectivity index (χ0n) is 50.4. The van der Waals surface area contributed by atoms with Crippen molar-refractivity contribution in [3.63, 3.8) is 0 Å². The summed E-state index contributed by atoms with van der Waals surface area (Å²) < 4.78 is 92.4. The Balaban J connectivity index is 0.0000116. The van der Waals surface area contributed by atoms with Crippen LogP contribution in [0, 0.1) is 0 Å². The summed E-state index contributed by atoms with van der Waals surface area (Å²) in [6.07, 6.45) is -82.2. The van der Waals surface area contributed by atoms with E-state index in [9.17, 15) is 127 Å². The second-order valence-electron chi connectivity index (χ2n) is 23.8. The van der Waals surface area contributed by atoms with Crippen molar-refractivity contribution in [1.29, 1.82) is 0 Å². The Bertz CT molecular complexity index is 2320. The Morgan fingerprint density at radius 1 is 0.263 bits per heavy atom. The van der Waals surface area contributed by atoms with Gasteiger partial charge < -0.3 is 203 Å². The van der Waals surface area contributed by atoms with Crippen molar-refractivity contribution in [2.75, 3.05) is 57.8 Å². The number of carbonyl (C=O) groups is 1. The molecule has 0 aliphatic carbocycles. The molecule has 0 aromatic carbocycles. The normalized spacial score (nSPS) is 52.0. The molecular weight excluding hydrogens is 1340 g/mol. The average Bonchev–Trinajstić information content (AvgIpc) is 0.784. The van der Waals surface area contributed by atoms with E-state index in [0.717, 1.165) is 11.8 Å². The molecule has 0 aromatic rings. The fourth-order valence-corrected chi connectivity index (χ4v) is 13.4. The first-order valence-electron chi connectivity index (χ1n) is 30.2. The van der Waals surface area contributed by atoms with Gasteiger partial charge >= 0.3 is 29.6 Å². The van der Waals surface area contributed by atoms with Crippen LogP contribution in [0.15, 0.2) is 0 Å². The van der Waals surface area contributed by atoms with Crippen molar-refractivity contribution in [2.45, 2.75) is 258 Å². The van der Waals surface area contributed by atoms with E-state index >= 15 is 0 Å². The first-order chi connectivity index (χ1) is 44.7. The molecule has 0 amide bonds. The summed E-state index contributed by atoms with van der Waals surface area (Å²) in [4.78, 5) is 11.2. The molecule has 23 N–H and O–H groups in total. The Labute approximate surface area is 564 Å². The molecule has 30 saturated heterocycles. The molecule has 30 fully saturated rings. The molecule has 0 radical (unpaired) electrons. The zero-order chi connectivity index (χ0) is 68.5. The van der Waals surface area contributed by atoms with Gasteiger partial charge in [-0.2, -0.15) is 11.8 Å². The summed E-state index contributed by atoms with van der Waals surface area (Å²) in [5, 5.41) is 268. The third-order valence-electron chi connectivity index (χ3n) is 17.7. The predicted octanol–water partition coefficient (Wildman–Crippen LogP) is -20.1. The number of aliphatic carboxylic acids is 1. The molecule has 30 aliphatic rings. The third kappa shape index (κ3) is 17.1. The molecule has 30 heterocycles. The van der Waals surface area contributed by atoms with Crippen LogP contribution in [0.25, 0.3) is 0 Å². The fourth-order valence-electron chi connectivity index (χ4n) is 12.4. The van der Waals surface area contributed by atoms with Gasteiger partial charge in [-0.1, -0.05) is 0 Å². The minimum absolute atomic E-state index is 0. The van der Waals surface area contributed by atoms with Gasteiger partial charge in [-0.15, -0.1) is 0 Å². The number of ether oxygens (including phenoxy) is 16. The summed E-state index contributed by atoms with van der Waals surface area (Å²) in [5.41, 5.74) is 0. The van der Waals surface area contributed by atoms with Gasteiger partial charge in [0.1, 0.15) is 189 Å². The smallest absolute Gasteiger partial charge is 0.550 e. The molecule has 0 spiro atoms. The number of aliphatic hydroxyl groups is 23. The standard InChI is InChI=1S/C52H86O41S.Na/c53-4-12-37-21(62)29(70)45(78-12)87-38-13(5-54)80-47(31(72)23(38)64)89-40-15(7-56)82-49(33(74)25(40)66)91-42-17(9-58)84-51(35(76)27(42)68)93-44-19(11-94-3-1-2-20(60)61)85-52(36(77)28(44)69)92-43-18(10-59)83-50(34(75)26(43)67)90-41-16(8-57)81-48(32(73)24(41)65)88-39-14(6-55)79-46(86-37)30(71)22(39)63;/h12-19,21-59,62-77H,1-11H2,(H,60,61);/q;+1/p-1/t12-,13-,14-,15-,16-,17-,18-,19-,21-,22-,23-,24-,25-,26-,27-,28-,29-,30-,31-,32-,33-,34-,35-,36-,37-,38-,39-,40-,41-,42-,43-,44-,45-,46-,47-,48-,49-,50-,51-,52-;/m1./s1. The van der Waals surface area contributed by atoms with Gasteiger partial charge in [0.25, 0.3) is 0 Å². The van der Waals surface area contributed by atoms with Crippen LogP contribution < -0.4 is 34.7 Å². The van der Waals surface area contributed by atoms with E-state index in [2.05, 4.69) is 0 Å². The Morgan fingerprint density at radius 2 is 0.421 bits per heavy atom. The van der Waals surface area contributed by atoms with Gasteiger partial charge in [-0.05, 0) is 18.6 Å². The SMILES string of the molecule is O=C([O-])CCCSC[C@H]1O[C@@H]2O[C@H]3[C@H](O)[C@@H](O)[C@@H](O[C@H]4[C@H](O)[C@@H](O)[C@@H](O[C@H]5[C@H](O)[C@@H](O)[C@@H](O[C@H]6[C@H](O)[C@@H](O)[C@@H](O[C@H]7[C@H](O)[C@@H](O)[C@@H](O[C@H]8[C@H](O)[C@@H](O)[C@@H](O[C@H]9[C@H](O)[C@@H](O)[C@@H](O[C@H]1[C@H](O)[C@H]2O)O[C@@H]9CO)O[C@@H]8CO)O[C@@H]7CO)O[C@@H]6CO)O[C@@H]5CO)O[C@@H]4CO)O[C@@H]3CO.[Na+]. The number of carboxylic acid groups (broad SMARTS) is 1. The number of carbonyl (C=O) groups excluding carboxylic acids is 1. The summed E-state index contributed by atoms with van der Waals surface area (Å²) in [6, 6.07) is 0. The summed E-state index contributed by atoms with van der Waals surface area (Å²) >= 11 is 1.00. The second kappa shape index (κ2) is 35.2. The van der Waals surface area contributed by atoms with Crippen LogP contribution in [-0.2, 0) is 80.6 Å². The van der Waals surface area contributed by atoms with Crippen molar-refractivity contribution in [3.8, 4) is 0 Å². The van der Waals surface area contributed by atoms with Crippen molar-refractivity contribution in [1.82, 2.24) is 0 Å². The number of rotatable bonds is 13. The summed E-state index contributed by atoms with van der Waals surface area (Å²) in [5.74, 6) is -1.55. The van der Waals surface area contributed by atoms with Gasteiger partial charge in [-0.25, -0.2) is 0 Å². The van der Waals surface area contributed by atoms with Gasteiger partial charge in [0.05, 0.1) is 52.4 Å². The summed E-state index contributed by atoms with van der Waals surface area (Å²) in [7, 11) is 0. The molecule has 43 heteroatoms. The molecule has 30 rings (SSSR count). The van der Waals surface area contributed by atoms with E-state index in [1.807, 2.05) is 0 Å². The number of hydrogen-bond acceptors (Lipinski definition) is 42. The van der Waals surface area contributed by atoms with E-state index in [0.29, 0.717) is 0 Å². The molecule has 30 aliphatic heterocycles. The zero-order valence-corrected chi connectivity index (χ0v) is 53.2. The van der Waals surface area contributed by atoms with Gasteiger partial charge in [0.2, 0.25) is 0 Å². The summed E-state index contributed by atoms with van der Waals surface area (Å²) in [6.45, 7) is -7.61. The minimum Gasteiger partial charge on any atom is -0.550 e. The predicted molar refractivity (Wildman–Crippen MR) is 286 cm³/mol. The van der Waals surface area contributed by atoms with Gasteiger partial charge in [-0.3, -0.25) is 0 Å². The number of hydrogen-bond donors (Lipinski definition) is 23. The van der Waals surface area contributed by atoms with E-state index in [1.54, 1.807) is 0 Å². The van der Waals surface area contributed by atoms with Crippen LogP contribution in [0.5, 0.6) is 0 Å². The second-order valence-corrected chi connectivity index (χ2v) is 25.0. The molecule has 16 bridgehead atoms. The molecule has 41 nitrogen and oxygen atoms in total. The molecule has 0 saturated carbocycles. The van der Waals surface area contributed by atoms with E-state index in [1.165, 1.54) is 0 Å². The van der Waals surface area contributed by atoms with Crippen molar-refractivity contribution in [2.24, 2.45) is 0 Å². The Kier molecular flexibility index (Phi) is 29.6. The topological polar surface area (TPSA) is 653 Å². The molecule has 0 aromatic heterocycles. The molecule has 40 atom stereocenters. The Morgan fingerprint density at radius 3 is 0.579 bits per heavy atom. The number of aliphatic hydroxyl groups excluding tert-OH is 23. The van der Waals surface area contributed by atoms with Crippen molar-refractivity contribution < 1.29 is 233 Å². The van der Waals surface area contributed by atoms with Crippen LogP contribution in [0.3, 0.4) is 0 Å². The van der Waals surface area contributed by atoms with Crippen LogP contribution in [0.2, 0.25) is 0 Å². The quantitative estimate of drug-likeness (QED) is 0.0601. The van der Waals surface area contributed by atoms with Crippen molar-refractivity contribution >= 4 is 17.7 Å². The minimum atomic E-state index is -2.26. The van der Waals surface area contributed by atoms with E-state index in [4.69, 9.17) is 75.8 Å². The maximum atomic E-state index is 11.8. The van der Waals surface area contributed by atoms with Crippen molar-refractivity contribution in [3.05, 3.63) is 0 Å². The van der Waals surface area contributed by atoms with E-state index < -0.39 is 298 Å². The molecule has 95 heavy (non-hydrogen) atoms. The fraction of sp³-hybridized carbons (Fsp3) is 0.981.